The maximum absolute atomic E-state index is 12.8. The van der Waals surface area contributed by atoms with Crippen LogP contribution in [0.15, 0.2) is 42.9 Å². The van der Waals surface area contributed by atoms with E-state index >= 15 is 0 Å². The molecule has 4 rings (SSSR count). The van der Waals surface area contributed by atoms with Gasteiger partial charge < -0.3 is 14.0 Å². The lowest BCUT2D eigenvalue weighted by molar-refractivity contribution is -0.144. The molecular formula is C19H17F3N4O2. The number of hydrogen-bond donors (Lipinski definition) is 0. The highest BCUT2D eigenvalue weighted by molar-refractivity contribution is 5.76. The van der Waals surface area contributed by atoms with Crippen molar-refractivity contribution in [2.24, 2.45) is 5.92 Å². The van der Waals surface area contributed by atoms with E-state index in [1.165, 1.54) is 19.2 Å². The van der Waals surface area contributed by atoms with Crippen LogP contribution in [-0.2, 0) is 15.7 Å². The van der Waals surface area contributed by atoms with Gasteiger partial charge in [0.1, 0.15) is 11.5 Å². The molecule has 0 aliphatic carbocycles. The average molecular weight is 390 g/mol. The van der Waals surface area contributed by atoms with Crippen LogP contribution in [0.25, 0.3) is 16.9 Å². The monoisotopic (exact) mass is 390 g/mol. The second-order valence-corrected chi connectivity index (χ2v) is 6.64. The van der Waals surface area contributed by atoms with Crippen molar-refractivity contribution in [3.8, 4) is 11.3 Å². The summed E-state index contributed by atoms with van der Waals surface area (Å²) in [5.41, 5.74) is 0.854. The summed E-state index contributed by atoms with van der Waals surface area (Å²) in [5, 5.41) is 0. The number of nitrogens with zero attached hydrogens (tertiary/aromatic N) is 4. The first kappa shape index (κ1) is 18.3. The van der Waals surface area contributed by atoms with Gasteiger partial charge in [-0.2, -0.15) is 13.2 Å². The molecule has 0 N–H and O–H groups in total. The summed E-state index contributed by atoms with van der Waals surface area (Å²) < 4.78 is 45.1. The number of benzene rings is 1. The van der Waals surface area contributed by atoms with Crippen molar-refractivity contribution >= 4 is 17.4 Å². The van der Waals surface area contributed by atoms with Gasteiger partial charge in [0.25, 0.3) is 0 Å². The summed E-state index contributed by atoms with van der Waals surface area (Å²) in [6.45, 7) is 1.12. The molecule has 3 aromatic rings. The quantitative estimate of drug-likeness (QED) is 0.642. The number of esters is 1. The maximum Gasteiger partial charge on any atom is 0.416 e. The molecule has 6 nitrogen and oxygen atoms in total. The number of carbonyl (C=O) groups is 1. The Balaban J connectivity index is 1.71. The number of anilines is 1. The van der Waals surface area contributed by atoms with Crippen LogP contribution in [0.4, 0.5) is 19.0 Å². The molecule has 146 valence electrons. The number of rotatable bonds is 3. The molecule has 0 saturated carbocycles. The number of hydrogen-bond acceptors (Lipinski definition) is 5. The fourth-order valence-electron chi connectivity index (χ4n) is 3.41. The number of alkyl halides is 3. The van der Waals surface area contributed by atoms with Gasteiger partial charge in [0.2, 0.25) is 0 Å². The van der Waals surface area contributed by atoms with E-state index in [9.17, 15) is 18.0 Å². The lowest BCUT2D eigenvalue weighted by atomic mass is 10.1. The minimum Gasteiger partial charge on any atom is -0.469 e. The second kappa shape index (κ2) is 6.81. The molecule has 1 aliphatic rings. The fraction of sp³-hybridized carbons (Fsp3) is 0.316. The molecule has 1 fully saturated rings. The SMILES string of the molecule is COC(=O)C1CCN(c2cn3ccnc3c(-c3ccc(C(F)(F)F)cc3)n2)C1. The van der Waals surface area contributed by atoms with Crippen LogP contribution in [0.1, 0.15) is 12.0 Å². The Hall–Kier alpha value is -3.10. The summed E-state index contributed by atoms with van der Waals surface area (Å²) >= 11 is 0. The summed E-state index contributed by atoms with van der Waals surface area (Å²) in [5.74, 6) is 0.153. The predicted molar refractivity (Wildman–Crippen MR) is 95.8 cm³/mol. The number of imidazole rings is 1. The fourth-order valence-corrected chi connectivity index (χ4v) is 3.41. The van der Waals surface area contributed by atoms with Gasteiger partial charge in [-0.15, -0.1) is 0 Å². The lowest BCUT2D eigenvalue weighted by Crippen LogP contribution is -2.24. The third-order valence-electron chi connectivity index (χ3n) is 4.89. The molecule has 9 heteroatoms. The Morgan fingerprint density at radius 2 is 2.00 bits per heavy atom. The van der Waals surface area contributed by atoms with Crippen LogP contribution in [-0.4, -0.2) is 40.5 Å². The number of ether oxygens (including phenoxy) is 1. The third kappa shape index (κ3) is 3.28. The highest BCUT2D eigenvalue weighted by Gasteiger charge is 2.31. The highest BCUT2D eigenvalue weighted by Crippen LogP contribution is 2.32. The topological polar surface area (TPSA) is 59.7 Å². The zero-order valence-corrected chi connectivity index (χ0v) is 15.0. The van der Waals surface area contributed by atoms with Crippen molar-refractivity contribution in [3.63, 3.8) is 0 Å². The zero-order valence-electron chi connectivity index (χ0n) is 15.0. The first-order valence-corrected chi connectivity index (χ1v) is 8.71. The smallest absolute Gasteiger partial charge is 0.416 e. The molecule has 1 unspecified atom stereocenters. The van der Waals surface area contributed by atoms with E-state index < -0.39 is 11.7 Å². The molecule has 0 amide bonds. The highest BCUT2D eigenvalue weighted by atomic mass is 19.4. The molecule has 0 radical (unpaired) electrons. The van der Waals surface area contributed by atoms with E-state index in [4.69, 9.17) is 4.74 Å². The first-order valence-electron chi connectivity index (χ1n) is 8.71. The molecule has 1 aliphatic heterocycles. The molecule has 1 saturated heterocycles. The Kier molecular flexibility index (Phi) is 4.44. The molecule has 0 spiro atoms. The van der Waals surface area contributed by atoms with Crippen LogP contribution in [0.2, 0.25) is 0 Å². The van der Waals surface area contributed by atoms with E-state index in [1.807, 2.05) is 4.90 Å². The molecule has 3 heterocycles. The van der Waals surface area contributed by atoms with Crippen molar-refractivity contribution < 1.29 is 22.7 Å². The van der Waals surface area contributed by atoms with Gasteiger partial charge in [-0.05, 0) is 18.6 Å². The van der Waals surface area contributed by atoms with Gasteiger partial charge in [-0.3, -0.25) is 4.79 Å². The van der Waals surface area contributed by atoms with E-state index in [0.717, 1.165) is 12.1 Å². The minimum atomic E-state index is -4.39. The van der Waals surface area contributed by atoms with E-state index in [1.54, 1.807) is 23.0 Å². The van der Waals surface area contributed by atoms with Crippen LogP contribution >= 0.6 is 0 Å². The number of aromatic nitrogens is 3. The average Bonchev–Trinajstić information content (AvgIpc) is 3.35. The van der Waals surface area contributed by atoms with Gasteiger partial charge in [0.15, 0.2) is 5.65 Å². The van der Waals surface area contributed by atoms with Crippen LogP contribution in [0.3, 0.4) is 0 Å². The summed E-state index contributed by atoms with van der Waals surface area (Å²) in [6, 6.07) is 4.86. The van der Waals surface area contributed by atoms with Crippen molar-refractivity contribution in [2.75, 3.05) is 25.1 Å². The van der Waals surface area contributed by atoms with E-state index in [0.29, 0.717) is 42.2 Å². The molecule has 28 heavy (non-hydrogen) atoms. The van der Waals surface area contributed by atoms with Crippen LogP contribution < -0.4 is 4.90 Å². The van der Waals surface area contributed by atoms with Gasteiger partial charge in [0.05, 0.1) is 24.8 Å². The number of fused-ring (bicyclic) bond motifs is 1. The van der Waals surface area contributed by atoms with Crippen LogP contribution in [0, 0.1) is 5.92 Å². The molecule has 1 aromatic carbocycles. The Labute approximate surface area is 158 Å². The standard InChI is InChI=1S/C19H17F3N4O2/c1-28-18(27)13-6-8-25(10-13)15-11-26-9-7-23-17(26)16(24-15)12-2-4-14(5-3-12)19(20,21)22/h2-5,7,9,11,13H,6,8,10H2,1H3. The number of halogens is 3. The number of methoxy groups -OCH3 is 1. The Bertz CT molecular complexity index is 1010. The van der Waals surface area contributed by atoms with Gasteiger partial charge in [0, 0.05) is 31.0 Å². The predicted octanol–water partition coefficient (Wildman–Crippen LogP) is 3.41. The molecule has 0 bridgehead atoms. The molecule has 1 atom stereocenters. The zero-order chi connectivity index (χ0) is 19.9. The lowest BCUT2D eigenvalue weighted by Gasteiger charge is -2.19. The van der Waals surface area contributed by atoms with Gasteiger partial charge in [-0.1, -0.05) is 12.1 Å². The minimum absolute atomic E-state index is 0.222. The van der Waals surface area contributed by atoms with Crippen LogP contribution in [0.5, 0.6) is 0 Å². The summed E-state index contributed by atoms with van der Waals surface area (Å²) in [6.07, 6.45) is 1.42. The maximum atomic E-state index is 12.8. The second-order valence-electron chi connectivity index (χ2n) is 6.64. The number of carbonyl (C=O) groups excluding carboxylic acids is 1. The van der Waals surface area contributed by atoms with Crippen molar-refractivity contribution in [3.05, 3.63) is 48.4 Å². The third-order valence-corrected chi connectivity index (χ3v) is 4.89. The Morgan fingerprint density at radius 3 is 2.68 bits per heavy atom. The van der Waals surface area contributed by atoms with Crippen molar-refractivity contribution in [1.29, 1.82) is 0 Å². The van der Waals surface area contributed by atoms with Gasteiger partial charge >= 0.3 is 12.1 Å². The summed E-state index contributed by atoms with van der Waals surface area (Å²) in [7, 11) is 1.36. The normalized spacial score (nSPS) is 17.3. The largest absolute Gasteiger partial charge is 0.469 e. The first-order chi connectivity index (χ1) is 13.4. The van der Waals surface area contributed by atoms with E-state index in [-0.39, 0.29) is 11.9 Å². The van der Waals surface area contributed by atoms with Gasteiger partial charge in [-0.25, -0.2) is 9.97 Å². The summed E-state index contributed by atoms with van der Waals surface area (Å²) in [4.78, 5) is 22.7. The Morgan fingerprint density at radius 1 is 1.25 bits per heavy atom. The molecular weight excluding hydrogens is 373 g/mol. The molecule has 2 aromatic heterocycles. The van der Waals surface area contributed by atoms with Crippen molar-refractivity contribution in [2.45, 2.75) is 12.6 Å². The van der Waals surface area contributed by atoms with Crippen molar-refractivity contribution in [1.82, 2.24) is 14.4 Å². The van der Waals surface area contributed by atoms with E-state index in [2.05, 4.69) is 9.97 Å².